The number of nitriles is 1. The summed E-state index contributed by atoms with van der Waals surface area (Å²) in [6, 6.07) is 9.45. The minimum absolute atomic E-state index is 0.627. The molecule has 0 radical (unpaired) electrons. The second-order valence-corrected chi connectivity index (χ2v) is 3.08. The van der Waals surface area contributed by atoms with Gasteiger partial charge >= 0.3 is 0 Å². The molecule has 1 aromatic heterocycles. The summed E-state index contributed by atoms with van der Waals surface area (Å²) in [5.41, 5.74) is 1.57. The molecule has 0 amide bonds. The summed E-state index contributed by atoms with van der Waals surface area (Å²) >= 11 is 0. The molecule has 0 spiro atoms. The van der Waals surface area contributed by atoms with Crippen molar-refractivity contribution in [1.29, 1.82) is 5.26 Å². The Morgan fingerprint density at radius 1 is 1.47 bits per heavy atom. The fourth-order valence-electron chi connectivity index (χ4n) is 1.28. The number of benzene rings is 1. The average Bonchev–Trinajstić information content (AvgIpc) is 2.79. The molecule has 0 saturated heterocycles. The highest BCUT2D eigenvalue weighted by Crippen LogP contribution is 2.10. The lowest BCUT2D eigenvalue weighted by molar-refractivity contribution is 1.000. The van der Waals surface area contributed by atoms with E-state index in [1.807, 2.05) is 18.2 Å². The fraction of sp³-hybridized carbons (Fsp3) is 0.0909. The normalized spacial score (nSPS) is 9.53. The summed E-state index contributed by atoms with van der Waals surface area (Å²) in [6.45, 7) is 0.627. The Kier molecular flexibility index (Phi) is 2.65. The molecule has 0 atom stereocenters. The highest BCUT2D eigenvalue weighted by atomic mass is 15.0. The van der Waals surface area contributed by atoms with Crippen LogP contribution in [0.25, 0.3) is 0 Å². The molecular weight excluding hydrogens is 188 g/mol. The number of imidazole rings is 1. The molecule has 2 N–H and O–H groups in total. The van der Waals surface area contributed by atoms with Gasteiger partial charge < -0.3 is 10.3 Å². The largest absolute Gasteiger partial charge is 0.378 e. The zero-order valence-corrected chi connectivity index (χ0v) is 8.07. The molecule has 0 aliphatic heterocycles. The lowest BCUT2D eigenvalue weighted by Gasteiger charge is -2.03. The Bertz CT molecular complexity index is 468. The lowest BCUT2D eigenvalue weighted by atomic mass is 10.2. The molecule has 2 rings (SSSR count). The van der Waals surface area contributed by atoms with Crippen LogP contribution in [0.1, 0.15) is 11.4 Å². The number of nitrogens with one attached hydrogen (secondary N) is 2. The van der Waals surface area contributed by atoms with E-state index >= 15 is 0 Å². The Morgan fingerprint density at radius 2 is 2.40 bits per heavy atom. The molecular formula is C11H10N4. The molecule has 0 unspecified atom stereocenters. The maximum atomic E-state index is 8.72. The van der Waals surface area contributed by atoms with Crippen LogP contribution in [-0.4, -0.2) is 9.97 Å². The van der Waals surface area contributed by atoms with Gasteiger partial charge in [-0.25, -0.2) is 4.98 Å². The predicted molar refractivity (Wildman–Crippen MR) is 57.1 cm³/mol. The number of aromatic amines is 1. The van der Waals surface area contributed by atoms with Crippen LogP contribution in [0.3, 0.4) is 0 Å². The van der Waals surface area contributed by atoms with Gasteiger partial charge in [-0.1, -0.05) is 6.07 Å². The Morgan fingerprint density at radius 3 is 3.13 bits per heavy atom. The van der Waals surface area contributed by atoms with E-state index in [0.717, 1.165) is 11.5 Å². The Hall–Kier alpha value is -2.28. The van der Waals surface area contributed by atoms with E-state index in [2.05, 4.69) is 21.4 Å². The molecule has 1 aromatic carbocycles. The monoisotopic (exact) mass is 198 g/mol. The van der Waals surface area contributed by atoms with Crippen molar-refractivity contribution in [3.05, 3.63) is 48.0 Å². The third-order valence-corrected chi connectivity index (χ3v) is 2.01. The highest BCUT2D eigenvalue weighted by Gasteiger charge is 1.96. The first-order valence-corrected chi connectivity index (χ1v) is 4.61. The molecule has 0 bridgehead atoms. The van der Waals surface area contributed by atoms with Crippen molar-refractivity contribution in [2.75, 3.05) is 5.32 Å². The molecule has 15 heavy (non-hydrogen) atoms. The first-order valence-electron chi connectivity index (χ1n) is 4.61. The molecule has 0 aliphatic rings. The number of anilines is 1. The van der Waals surface area contributed by atoms with Crippen molar-refractivity contribution in [2.24, 2.45) is 0 Å². The summed E-state index contributed by atoms with van der Waals surface area (Å²) in [4.78, 5) is 7.09. The SMILES string of the molecule is N#Cc1cccc(NCc2ncc[nH]2)c1. The van der Waals surface area contributed by atoms with Gasteiger partial charge in [0.1, 0.15) is 5.82 Å². The number of H-pyrrole nitrogens is 1. The summed E-state index contributed by atoms with van der Waals surface area (Å²) in [5.74, 6) is 0.873. The zero-order chi connectivity index (χ0) is 10.5. The average molecular weight is 198 g/mol. The summed E-state index contributed by atoms with van der Waals surface area (Å²) in [6.07, 6.45) is 3.49. The lowest BCUT2D eigenvalue weighted by Crippen LogP contribution is -2.00. The molecule has 1 heterocycles. The van der Waals surface area contributed by atoms with Crippen LogP contribution in [0.4, 0.5) is 5.69 Å². The standard InChI is InChI=1S/C11H10N4/c12-7-9-2-1-3-10(6-9)15-8-11-13-4-5-14-11/h1-6,15H,8H2,(H,13,14). The van der Waals surface area contributed by atoms with Gasteiger partial charge in [0, 0.05) is 18.1 Å². The first kappa shape index (κ1) is 9.28. The van der Waals surface area contributed by atoms with Crippen LogP contribution in [0.15, 0.2) is 36.7 Å². The van der Waals surface area contributed by atoms with E-state index in [0.29, 0.717) is 12.1 Å². The number of rotatable bonds is 3. The predicted octanol–water partition coefficient (Wildman–Crippen LogP) is 1.89. The van der Waals surface area contributed by atoms with Crippen LogP contribution >= 0.6 is 0 Å². The number of hydrogen-bond donors (Lipinski definition) is 2. The van der Waals surface area contributed by atoms with Gasteiger partial charge in [-0.05, 0) is 18.2 Å². The quantitative estimate of drug-likeness (QED) is 0.791. The van der Waals surface area contributed by atoms with Gasteiger partial charge in [-0.2, -0.15) is 5.26 Å². The van der Waals surface area contributed by atoms with E-state index in [1.54, 1.807) is 18.5 Å². The molecule has 0 aliphatic carbocycles. The van der Waals surface area contributed by atoms with E-state index in [1.165, 1.54) is 0 Å². The number of aromatic nitrogens is 2. The number of nitrogens with zero attached hydrogens (tertiary/aromatic N) is 2. The second-order valence-electron chi connectivity index (χ2n) is 3.08. The van der Waals surface area contributed by atoms with Crippen molar-refractivity contribution >= 4 is 5.69 Å². The van der Waals surface area contributed by atoms with E-state index in [4.69, 9.17) is 5.26 Å². The van der Waals surface area contributed by atoms with E-state index in [9.17, 15) is 0 Å². The summed E-state index contributed by atoms with van der Waals surface area (Å²) in [5, 5.41) is 11.9. The van der Waals surface area contributed by atoms with Crippen molar-refractivity contribution in [2.45, 2.75) is 6.54 Å². The molecule has 0 fully saturated rings. The Balaban J connectivity index is 2.02. The highest BCUT2D eigenvalue weighted by molar-refractivity contribution is 5.49. The van der Waals surface area contributed by atoms with Crippen LogP contribution in [0, 0.1) is 11.3 Å². The van der Waals surface area contributed by atoms with Crippen molar-refractivity contribution in [3.63, 3.8) is 0 Å². The van der Waals surface area contributed by atoms with Crippen molar-refractivity contribution < 1.29 is 0 Å². The second kappa shape index (κ2) is 4.29. The van der Waals surface area contributed by atoms with Gasteiger partial charge in [0.2, 0.25) is 0 Å². The first-order chi connectivity index (χ1) is 7.38. The minimum atomic E-state index is 0.627. The molecule has 4 nitrogen and oxygen atoms in total. The van der Waals surface area contributed by atoms with Gasteiger partial charge in [-0.3, -0.25) is 0 Å². The van der Waals surface area contributed by atoms with Gasteiger partial charge in [0.05, 0.1) is 18.2 Å². The maximum absolute atomic E-state index is 8.72. The van der Waals surface area contributed by atoms with Crippen LogP contribution in [-0.2, 0) is 6.54 Å². The van der Waals surface area contributed by atoms with Gasteiger partial charge in [0.25, 0.3) is 0 Å². The maximum Gasteiger partial charge on any atom is 0.125 e. The molecule has 2 aromatic rings. The third-order valence-electron chi connectivity index (χ3n) is 2.01. The summed E-state index contributed by atoms with van der Waals surface area (Å²) in [7, 11) is 0. The minimum Gasteiger partial charge on any atom is -0.378 e. The van der Waals surface area contributed by atoms with E-state index in [-0.39, 0.29) is 0 Å². The smallest absolute Gasteiger partial charge is 0.125 e. The van der Waals surface area contributed by atoms with Gasteiger partial charge in [0.15, 0.2) is 0 Å². The molecule has 4 heteroatoms. The molecule has 0 saturated carbocycles. The summed E-state index contributed by atoms with van der Waals surface area (Å²) < 4.78 is 0. The zero-order valence-electron chi connectivity index (χ0n) is 8.07. The van der Waals surface area contributed by atoms with Gasteiger partial charge in [-0.15, -0.1) is 0 Å². The van der Waals surface area contributed by atoms with Crippen LogP contribution in [0.2, 0.25) is 0 Å². The molecule has 74 valence electrons. The van der Waals surface area contributed by atoms with Crippen LogP contribution in [0.5, 0.6) is 0 Å². The van der Waals surface area contributed by atoms with Crippen molar-refractivity contribution in [3.8, 4) is 6.07 Å². The van der Waals surface area contributed by atoms with E-state index < -0.39 is 0 Å². The fourth-order valence-corrected chi connectivity index (χ4v) is 1.28. The topological polar surface area (TPSA) is 64.5 Å². The van der Waals surface area contributed by atoms with Crippen LogP contribution < -0.4 is 5.32 Å². The third kappa shape index (κ3) is 2.35. The van der Waals surface area contributed by atoms with Crippen molar-refractivity contribution in [1.82, 2.24) is 9.97 Å². The Labute approximate surface area is 87.6 Å². The number of hydrogen-bond acceptors (Lipinski definition) is 3.